The van der Waals surface area contributed by atoms with Gasteiger partial charge in [-0.15, -0.1) is 0 Å². The van der Waals surface area contributed by atoms with Gasteiger partial charge in [-0.1, -0.05) is 146 Å². The maximum absolute atomic E-state index is 5.30. The third-order valence-corrected chi connectivity index (χ3v) is 10.9. The molecule has 0 spiro atoms. The molecule has 0 saturated carbocycles. The molecule has 0 aliphatic carbocycles. The van der Waals surface area contributed by atoms with E-state index < -0.39 is 0 Å². The lowest BCUT2D eigenvalue weighted by atomic mass is 9.96. The van der Waals surface area contributed by atoms with Crippen LogP contribution >= 0.6 is 0 Å². The molecular weight excluding hydrogens is 681 g/mol. The van der Waals surface area contributed by atoms with Gasteiger partial charge in [0.05, 0.1) is 33.5 Å². The smallest absolute Gasteiger partial charge is 0.160 e. The Hall–Kier alpha value is -7.56. The van der Waals surface area contributed by atoms with Crippen LogP contribution in [0.15, 0.2) is 206 Å². The standard InChI is InChI=1S/C52H34N4/c1-5-17-35(18-6-1)44-34-45(54-52(53-44)36-19-7-2-8-20-36)41-27-16-30-49-51(41)43-33-37(31-32-47(43)56(49)39-23-11-4-12-24-39)40-26-15-29-48-50(40)42-25-13-14-28-46(42)55(48)38-21-9-3-10-22-38/h1-34H. The third kappa shape index (κ3) is 5.15. The first-order chi connectivity index (χ1) is 27.8. The molecule has 56 heavy (non-hydrogen) atoms. The van der Waals surface area contributed by atoms with Crippen LogP contribution in [-0.2, 0) is 0 Å². The monoisotopic (exact) mass is 714 g/mol. The van der Waals surface area contributed by atoms with Gasteiger partial charge in [0.25, 0.3) is 0 Å². The zero-order valence-corrected chi connectivity index (χ0v) is 30.4. The molecular formula is C52H34N4. The summed E-state index contributed by atoms with van der Waals surface area (Å²) in [6.45, 7) is 0. The molecule has 262 valence electrons. The third-order valence-electron chi connectivity index (χ3n) is 10.9. The topological polar surface area (TPSA) is 35.6 Å². The Balaban J connectivity index is 1.21. The maximum Gasteiger partial charge on any atom is 0.160 e. The van der Waals surface area contributed by atoms with E-state index in [1.54, 1.807) is 0 Å². The number of benzene rings is 8. The first kappa shape index (κ1) is 31.9. The molecule has 0 aliphatic rings. The van der Waals surface area contributed by atoms with Gasteiger partial charge in [-0.2, -0.15) is 0 Å². The Morgan fingerprint density at radius 3 is 1.46 bits per heavy atom. The van der Waals surface area contributed by atoms with E-state index in [1.807, 2.05) is 24.3 Å². The lowest BCUT2D eigenvalue weighted by Gasteiger charge is -2.11. The summed E-state index contributed by atoms with van der Waals surface area (Å²) in [7, 11) is 0. The minimum atomic E-state index is 0.702. The van der Waals surface area contributed by atoms with Gasteiger partial charge in [-0.05, 0) is 71.8 Å². The highest BCUT2D eigenvalue weighted by atomic mass is 15.0. The minimum absolute atomic E-state index is 0.702. The first-order valence-electron chi connectivity index (χ1n) is 19.0. The quantitative estimate of drug-likeness (QED) is 0.172. The van der Waals surface area contributed by atoms with Crippen molar-refractivity contribution in [3.8, 4) is 56.4 Å². The summed E-state index contributed by atoms with van der Waals surface area (Å²) in [4.78, 5) is 10.4. The Morgan fingerprint density at radius 1 is 0.304 bits per heavy atom. The summed E-state index contributed by atoms with van der Waals surface area (Å²) in [5, 5.41) is 4.80. The Labute approximate surface area is 324 Å². The van der Waals surface area contributed by atoms with Crippen LogP contribution in [0.3, 0.4) is 0 Å². The molecule has 0 bridgehead atoms. The number of hydrogen-bond acceptors (Lipinski definition) is 2. The molecule has 0 aliphatic heterocycles. The molecule has 4 nitrogen and oxygen atoms in total. The lowest BCUT2D eigenvalue weighted by Crippen LogP contribution is -1.96. The van der Waals surface area contributed by atoms with Crippen molar-refractivity contribution >= 4 is 43.6 Å². The fourth-order valence-corrected chi connectivity index (χ4v) is 8.48. The van der Waals surface area contributed by atoms with E-state index in [-0.39, 0.29) is 0 Å². The van der Waals surface area contributed by atoms with Crippen molar-refractivity contribution in [1.82, 2.24) is 19.1 Å². The van der Waals surface area contributed by atoms with Crippen molar-refractivity contribution in [2.45, 2.75) is 0 Å². The van der Waals surface area contributed by atoms with Gasteiger partial charge >= 0.3 is 0 Å². The number of fused-ring (bicyclic) bond motifs is 6. The number of para-hydroxylation sites is 3. The van der Waals surface area contributed by atoms with E-state index in [4.69, 9.17) is 9.97 Å². The number of rotatable bonds is 6. The van der Waals surface area contributed by atoms with Crippen LogP contribution in [0.1, 0.15) is 0 Å². The van der Waals surface area contributed by atoms with Crippen molar-refractivity contribution in [3.63, 3.8) is 0 Å². The molecule has 0 N–H and O–H groups in total. The summed E-state index contributed by atoms with van der Waals surface area (Å²) >= 11 is 0. The molecule has 4 heteroatoms. The highest BCUT2D eigenvalue weighted by Gasteiger charge is 2.21. The van der Waals surface area contributed by atoms with Crippen molar-refractivity contribution < 1.29 is 0 Å². The van der Waals surface area contributed by atoms with Crippen LogP contribution in [0.25, 0.3) is 100 Å². The summed E-state index contributed by atoms with van der Waals surface area (Å²) in [5.74, 6) is 0.702. The zero-order valence-electron chi connectivity index (χ0n) is 30.4. The van der Waals surface area contributed by atoms with Gasteiger partial charge in [-0.3, -0.25) is 0 Å². The van der Waals surface area contributed by atoms with Crippen molar-refractivity contribution in [2.24, 2.45) is 0 Å². The van der Waals surface area contributed by atoms with Crippen LogP contribution in [-0.4, -0.2) is 19.1 Å². The number of hydrogen-bond donors (Lipinski definition) is 0. The summed E-state index contributed by atoms with van der Waals surface area (Å²) in [6.07, 6.45) is 0. The van der Waals surface area contributed by atoms with Gasteiger partial charge in [0, 0.05) is 49.6 Å². The molecule has 11 rings (SSSR count). The Morgan fingerprint density at radius 2 is 0.804 bits per heavy atom. The van der Waals surface area contributed by atoms with E-state index in [0.717, 1.165) is 55.9 Å². The highest BCUT2D eigenvalue weighted by Crippen LogP contribution is 2.43. The van der Waals surface area contributed by atoms with Crippen LogP contribution in [0.4, 0.5) is 0 Å². The molecule has 8 aromatic carbocycles. The van der Waals surface area contributed by atoms with E-state index >= 15 is 0 Å². The summed E-state index contributed by atoms with van der Waals surface area (Å²) in [6, 6.07) is 73.2. The molecule has 0 unspecified atom stereocenters. The molecule has 0 radical (unpaired) electrons. The van der Waals surface area contributed by atoms with Gasteiger partial charge in [-0.25, -0.2) is 9.97 Å². The van der Waals surface area contributed by atoms with Gasteiger partial charge < -0.3 is 9.13 Å². The normalized spacial score (nSPS) is 11.6. The fraction of sp³-hybridized carbons (Fsp3) is 0. The van der Waals surface area contributed by atoms with Gasteiger partial charge in [0.2, 0.25) is 0 Å². The molecule has 0 atom stereocenters. The predicted octanol–water partition coefficient (Wildman–Crippen LogP) is 13.3. The first-order valence-corrected chi connectivity index (χ1v) is 19.0. The SMILES string of the molecule is c1ccc(-c2cc(-c3cccc4c3c3cc(-c5cccc6c5c5ccccc5n6-c5ccccc5)ccc3n4-c3ccccc3)nc(-c3ccccc3)n2)cc1. The molecule has 3 heterocycles. The van der Waals surface area contributed by atoms with Crippen molar-refractivity contribution in [1.29, 1.82) is 0 Å². The van der Waals surface area contributed by atoms with Crippen LogP contribution in [0.2, 0.25) is 0 Å². The second-order valence-corrected chi connectivity index (χ2v) is 14.2. The van der Waals surface area contributed by atoms with Crippen molar-refractivity contribution in [3.05, 3.63) is 206 Å². The van der Waals surface area contributed by atoms with E-state index in [9.17, 15) is 0 Å². The van der Waals surface area contributed by atoms with E-state index in [1.165, 1.54) is 38.3 Å². The van der Waals surface area contributed by atoms with Gasteiger partial charge in [0.15, 0.2) is 5.82 Å². The molecule has 3 aromatic heterocycles. The van der Waals surface area contributed by atoms with E-state index in [2.05, 4.69) is 191 Å². The summed E-state index contributed by atoms with van der Waals surface area (Å²) < 4.78 is 4.77. The van der Waals surface area contributed by atoms with Crippen LogP contribution < -0.4 is 0 Å². The zero-order chi connectivity index (χ0) is 37.0. The molecule has 0 amide bonds. The molecule has 0 fully saturated rings. The fourth-order valence-electron chi connectivity index (χ4n) is 8.48. The highest BCUT2D eigenvalue weighted by molar-refractivity contribution is 6.19. The molecule has 0 saturated heterocycles. The van der Waals surface area contributed by atoms with Crippen molar-refractivity contribution in [2.75, 3.05) is 0 Å². The second kappa shape index (κ2) is 13.1. The Bertz CT molecular complexity index is 3160. The van der Waals surface area contributed by atoms with Crippen LogP contribution in [0.5, 0.6) is 0 Å². The molecule has 11 aromatic rings. The largest absolute Gasteiger partial charge is 0.309 e. The minimum Gasteiger partial charge on any atom is -0.309 e. The Kier molecular flexibility index (Phi) is 7.46. The second-order valence-electron chi connectivity index (χ2n) is 14.2. The average Bonchev–Trinajstić information content (AvgIpc) is 3.80. The summed E-state index contributed by atoms with van der Waals surface area (Å²) in [5.41, 5.74) is 14.1. The lowest BCUT2D eigenvalue weighted by molar-refractivity contribution is 1.18. The average molecular weight is 715 g/mol. The predicted molar refractivity (Wildman–Crippen MR) is 232 cm³/mol. The van der Waals surface area contributed by atoms with Gasteiger partial charge in [0.1, 0.15) is 0 Å². The van der Waals surface area contributed by atoms with Crippen LogP contribution in [0, 0.1) is 0 Å². The number of nitrogens with zero attached hydrogens (tertiary/aromatic N) is 4. The van der Waals surface area contributed by atoms with E-state index in [0.29, 0.717) is 5.82 Å². The maximum atomic E-state index is 5.30. The number of aromatic nitrogens is 4.